The van der Waals surface area contributed by atoms with Gasteiger partial charge in [-0.2, -0.15) is 0 Å². The van der Waals surface area contributed by atoms with E-state index in [4.69, 9.17) is 0 Å². The molecule has 0 bridgehead atoms. The fourth-order valence-electron chi connectivity index (χ4n) is 2.43. The molecule has 0 aromatic rings. The zero-order chi connectivity index (χ0) is 10.8. The van der Waals surface area contributed by atoms with E-state index in [-0.39, 0.29) is 6.03 Å². The molecule has 2 rings (SSSR count). The van der Waals surface area contributed by atoms with Crippen molar-refractivity contribution >= 4 is 6.03 Å². The first kappa shape index (κ1) is 10.7. The third-order valence-electron chi connectivity index (χ3n) is 3.35. The number of urea groups is 1. The molecule has 0 aromatic carbocycles. The summed E-state index contributed by atoms with van der Waals surface area (Å²) in [6.45, 7) is 7.95. The number of amides is 2. The highest BCUT2D eigenvalue weighted by Gasteiger charge is 2.31. The summed E-state index contributed by atoms with van der Waals surface area (Å²) in [5, 5.41) is 3.44. The van der Waals surface area contributed by atoms with Gasteiger partial charge in [-0.25, -0.2) is 4.79 Å². The molecule has 2 amide bonds. The van der Waals surface area contributed by atoms with Crippen LogP contribution in [-0.2, 0) is 0 Å². The maximum Gasteiger partial charge on any atom is 0.320 e. The first-order valence-electron chi connectivity index (χ1n) is 5.97. The van der Waals surface area contributed by atoms with Crippen LogP contribution in [0.1, 0.15) is 26.7 Å². The quantitative estimate of drug-likeness (QED) is 0.752. The minimum Gasteiger partial charge on any atom is -0.321 e. The normalized spacial score (nSPS) is 27.1. The highest BCUT2D eigenvalue weighted by atomic mass is 16.2. The van der Waals surface area contributed by atoms with Crippen LogP contribution in [0.5, 0.6) is 0 Å². The van der Waals surface area contributed by atoms with Gasteiger partial charge in [0, 0.05) is 31.7 Å². The van der Waals surface area contributed by atoms with Gasteiger partial charge >= 0.3 is 6.03 Å². The molecule has 0 radical (unpaired) electrons. The van der Waals surface area contributed by atoms with Crippen molar-refractivity contribution in [3.63, 3.8) is 0 Å². The van der Waals surface area contributed by atoms with Crippen LogP contribution in [0.4, 0.5) is 4.79 Å². The molecule has 0 spiro atoms. The van der Waals surface area contributed by atoms with Gasteiger partial charge in [-0.1, -0.05) is 0 Å². The van der Waals surface area contributed by atoms with Crippen LogP contribution < -0.4 is 5.32 Å². The van der Waals surface area contributed by atoms with Crippen LogP contribution in [0.25, 0.3) is 0 Å². The first-order valence-corrected chi connectivity index (χ1v) is 5.97. The van der Waals surface area contributed by atoms with Gasteiger partial charge in [-0.3, -0.25) is 0 Å². The van der Waals surface area contributed by atoms with Crippen molar-refractivity contribution in [2.75, 3.05) is 26.2 Å². The number of nitrogens with one attached hydrogen (secondary N) is 1. The number of carbonyl (C=O) groups is 1. The zero-order valence-corrected chi connectivity index (χ0v) is 9.70. The van der Waals surface area contributed by atoms with Crippen LogP contribution in [0.3, 0.4) is 0 Å². The standard InChI is InChI=1S/C11H21N3O/c1-9(2)14-7-6-13(11(14)15)8-10-4-3-5-12-10/h9-10,12H,3-8H2,1-2H3. The van der Waals surface area contributed by atoms with Crippen molar-refractivity contribution in [3.8, 4) is 0 Å². The Hall–Kier alpha value is -0.770. The van der Waals surface area contributed by atoms with Gasteiger partial charge in [0.15, 0.2) is 0 Å². The largest absolute Gasteiger partial charge is 0.321 e. The topological polar surface area (TPSA) is 35.6 Å². The van der Waals surface area contributed by atoms with E-state index in [0.29, 0.717) is 12.1 Å². The Morgan fingerprint density at radius 2 is 2.27 bits per heavy atom. The first-order chi connectivity index (χ1) is 7.18. The lowest BCUT2D eigenvalue weighted by molar-refractivity contribution is 0.180. The maximum atomic E-state index is 12.0. The van der Waals surface area contributed by atoms with E-state index in [1.165, 1.54) is 12.8 Å². The average molecular weight is 211 g/mol. The molecule has 0 aliphatic carbocycles. The van der Waals surface area contributed by atoms with Gasteiger partial charge < -0.3 is 15.1 Å². The highest BCUT2D eigenvalue weighted by Crippen LogP contribution is 2.15. The van der Waals surface area contributed by atoms with Crippen molar-refractivity contribution in [1.29, 1.82) is 0 Å². The lowest BCUT2D eigenvalue weighted by atomic mass is 10.2. The molecule has 1 atom stereocenters. The molecule has 0 saturated carbocycles. The Balaban J connectivity index is 1.86. The summed E-state index contributed by atoms with van der Waals surface area (Å²) in [5.74, 6) is 0. The molecule has 2 heterocycles. The van der Waals surface area contributed by atoms with E-state index in [0.717, 1.165) is 26.2 Å². The Morgan fingerprint density at radius 3 is 2.80 bits per heavy atom. The van der Waals surface area contributed by atoms with E-state index in [2.05, 4.69) is 19.2 Å². The van der Waals surface area contributed by atoms with E-state index >= 15 is 0 Å². The minimum absolute atomic E-state index is 0.221. The maximum absolute atomic E-state index is 12.0. The molecule has 86 valence electrons. The van der Waals surface area contributed by atoms with Gasteiger partial charge in [-0.15, -0.1) is 0 Å². The molecule has 4 heteroatoms. The predicted octanol–water partition coefficient (Wildman–Crippen LogP) is 0.884. The number of hydrogen-bond donors (Lipinski definition) is 1. The van der Waals surface area contributed by atoms with Gasteiger partial charge in [0.05, 0.1) is 0 Å². The van der Waals surface area contributed by atoms with Crippen LogP contribution in [0, 0.1) is 0 Å². The third kappa shape index (κ3) is 2.25. The fraction of sp³-hybridized carbons (Fsp3) is 0.909. The second kappa shape index (κ2) is 4.39. The number of hydrogen-bond acceptors (Lipinski definition) is 2. The van der Waals surface area contributed by atoms with Crippen LogP contribution >= 0.6 is 0 Å². The van der Waals surface area contributed by atoms with Crippen molar-refractivity contribution in [1.82, 2.24) is 15.1 Å². The van der Waals surface area contributed by atoms with Gasteiger partial charge in [-0.05, 0) is 33.2 Å². The van der Waals surface area contributed by atoms with Crippen LogP contribution in [0.15, 0.2) is 0 Å². The molecule has 2 fully saturated rings. The van der Waals surface area contributed by atoms with E-state index in [9.17, 15) is 4.79 Å². The second-order valence-electron chi connectivity index (χ2n) is 4.81. The Bertz CT molecular complexity index is 236. The Morgan fingerprint density at radius 1 is 1.47 bits per heavy atom. The summed E-state index contributed by atoms with van der Waals surface area (Å²) in [6.07, 6.45) is 2.46. The van der Waals surface area contributed by atoms with E-state index < -0.39 is 0 Å². The Kier molecular flexibility index (Phi) is 3.14. The summed E-state index contributed by atoms with van der Waals surface area (Å²) in [7, 11) is 0. The van der Waals surface area contributed by atoms with Gasteiger partial charge in [0.2, 0.25) is 0 Å². The molecule has 15 heavy (non-hydrogen) atoms. The van der Waals surface area contributed by atoms with E-state index in [1.807, 2.05) is 9.80 Å². The number of rotatable bonds is 3. The van der Waals surface area contributed by atoms with E-state index in [1.54, 1.807) is 0 Å². The molecule has 2 aliphatic rings. The summed E-state index contributed by atoms with van der Waals surface area (Å²) < 4.78 is 0. The minimum atomic E-state index is 0.221. The molecular weight excluding hydrogens is 190 g/mol. The lowest BCUT2D eigenvalue weighted by Crippen LogP contribution is -2.41. The van der Waals surface area contributed by atoms with Gasteiger partial charge in [0.25, 0.3) is 0 Å². The molecule has 4 nitrogen and oxygen atoms in total. The lowest BCUT2D eigenvalue weighted by Gasteiger charge is -2.23. The predicted molar refractivity (Wildman–Crippen MR) is 59.8 cm³/mol. The molecule has 2 saturated heterocycles. The summed E-state index contributed by atoms with van der Waals surface area (Å²) in [6, 6.07) is 1.08. The molecule has 2 aliphatic heterocycles. The van der Waals surface area contributed by atoms with Crippen molar-refractivity contribution in [2.45, 2.75) is 38.8 Å². The number of carbonyl (C=O) groups excluding carboxylic acids is 1. The second-order valence-corrected chi connectivity index (χ2v) is 4.81. The summed E-state index contributed by atoms with van der Waals surface area (Å²) in [5.41, 5.74) is 0. The van der Waals surface area contributed by atoms with Gasteiger partial charge in [0.1, 0.15) is 0 Å². The van der Waals surface area contributed by atoms with Crippen molar-refractivity contribution < 1.29 is 4.79 Å². The zero-order valence-electron chi connectivity index (χ0n) is 9.70. The summed E-state index contributed by atoms with van der Waals surface area (Å²) >= 11 is 0. The molecular formula is C11H21N3O. The molecule has 1 N–H and O–H groups in total. The van der Waals surface area contributed by atoms with Crippen molar-refractivity contribution in [2.24, 2.45) is 0 Å². The molecule has 1 unspecified atom stereocenters. The summed E-state index contributed by atoms with van der Waals surface area (Å²) in [4.78, 5) is 15.9. The molecule has 0 aromatic heterocycles. The highest BCUT2D eigenvalue weighted by molar-refractivity contribution is 5.76. The average Bonchev–Trinajstić information content (AvgIpc) is 2.78. The van der Waals surface area contributed by atoms with Crippen molar-refractivity contribution in [3.05, 3.63) is 0 Å². The third-order valence-corrected chi connectivity index (χ3v) is 3.35. The van der Waals surface area contributed by atoms with Crippen LogP contribution in [-0.4, -0.2) is 54.1 Å². The van der Waals surface area contributed by atoms with Crippen LogP contribution in [0.2, 0.25) is 0 Å². The Labute approximate surface area is 91.6 Å². The monoisotopic (exact) mass is 211 g/mol. The smallest absolute Gasteiger partial charge is 0.320 e. The fourth-order valence-corrected chi connectivity index (χ4v) is 2.43. The number of nitrogens with zero attached hydrogens (tertiary/aromatic N) is 2. The SMILES string of the molecule is CC(C)N1CCN(CC2CCCN2)C1=O.